The minimum atomic E-state index is -1.05. The van der Waals surface area contributed by atoms with Gasteiger partial charge in [0, 0.05) is 24.7 Å². The van der Waals surface area contributed by atoms with E-state index in [4.69, 9.17) is 14.4 Å². The van der Waals surface area contributed by atoms with E-state index in [2.05, 4.69) is 5.16 Å². The van der Waals surface area contributed by atoms with Crippen molar-refractivity contribution in [3.05, 3.63) is 17.5 Å². The van der Waals surface area contributed by atoms with E-state index in [9.17, 15) is 4.79 Å². The lowest BCUT2D eigenvalue weighted by molar-refractivity contribution is 0.0466. The molecule has 0 unspecified atom stereocenters. The van der Waals surface area contributed by atoms with Crippen LogP contribution in [0.3, 0.4) is 0 Å². The van der Waals surface area contributed by atoms with Crippen molar-refractivity contribution in [2.45, 2.75) is 25.2 Å². The summed E-state index contributed by atoms with van der Waals surface area (Å²) >= 11 is 0. The minimum Gasteiger partial charge on any atom is -0.476 e. The maximum Gasteiger partial charge on any atom is 0.358 e. The van der Waals surface area contributed by atoms with E-state index < -0.39 is 5.97 Å². The number of carboxylic acid groups (broad SMARTS) is 1. The highest BCUT2D eigenvalue weighted by Gasteiger charge is 2.33. The maximum atomic E-state index is 10.7. The molecular formula is C10H13NO4. The molecule has 1 aromatic heterocycles. The molecule has 5 heteroatoms. The molecule has 0 amide bonds. The summed E-state index contributed by atoms with van der Waals surface area (Å²) in [5, 5.41) is 12.3. The van der Waals surface area contributed by atoms with Crippen LogP contribution in [0.4, 0.5) is 0 Å². The number of aromatic nitrogens is 1. The highest BCUT2D eigenvalue weighted by Crippen LogP contribution is 2.34. The average Bonchev–Trinajstić information content (AvgIpc) is 2.68. The Kier molecular flexibility index (Phi) is 2.48. The van der Waals surface area contributed by atoms with Gasteiger partial charge in [0.2, 0.25) is 0 Å². The van der Waals surface area contributed by atoms with Gasteiger partial charge in [0.1, 0.15) is 5.76 Å². The predicted octanol–water partition coefficient (Wildman–Crippen LogP) is 1.44. The number of nitrogens with zero attached hydrogens (tertiary/aromatic N) is 1. The highest BCUT2D eigenvalue weighted by atomic mass is 16.5. The van der Waals surface area contributed by atoms with E-state index in [1.165, 1.54) is 6.07 Å². The van der Waals surface area contributed by atoms with E-state index >= 15 is 0 Å². The Morgan fingerprint density at radius 2 is 2.20 bits per heavy atom. The largest absolute Gasteiger partial charge is 0.476 e. The van der Waals surface area contributed by atoms with Gasteiger partial charge in [-0.3, -0.25) is 0 Å². The molecule has 0 radical (unpaired) electrons. The Morgan fingerprint density at radius 1 is 1.53 bits per heavy atom. The van der Waals surface area contributed by atoms with Crippen molar-refractivity contribution >= 4 is 5.97 Å². The fourth-order valence-electron chi connectivity index (χ4n) is 1.73. The van der Waals surface area contributed by atoms with Crippen molar-refractivity contribution in [2.75, 3.05) is 13.2 Å². The lowest BCUT2D eigenvalue weighted by atomic mass is 9.80. The van der Waals surface area contributed by atoms with E-state index in [0.717, 1.165) is 12.8 Å². The summed E-state index contributed by atoms with van der Waals surface area (Å²) in [6.45, 7) is 3.40. The number of aromatic carboxylic acids is 1. The molecule has 82 valence electrons. The molecular weight excluding hydrogens is 198 g/mol. The molecule has 5 nitrogen and oxygen atoms in total. The Labute approximate surface area is 87.0 Å². The van der Waals surface area contributed by atoms with Crippen LogP contribution in [0.25, 0.3) is 0 Å². The molecule has 1 saturated heterocycles. The van der Waals surface area contributed by atoms with Gasteiger partial charge in [-0.05, 0) is 12.8 Å². The third-order valence-electron chi connectivity index (χ3n) is 2.92. The number of carbonyl (C=O) groups is 1. The SMILES string of the molecule is CC1(c2cc(C(=O)O)no2)CCOCC1. The normalized spacial score (nSPS) is 20.1. The van der Waals surface area contributed by atoms with Crippen molar-refractivity contribution in [1.82, 2.24) is 5.16 Å². The van der Waals surface area contributed by atoms with Crippen LogP contribution in [0.15, 0.2) is 10.6 Å². The van der Waals surface area contributed by atoms with Gasteiger partial charge in [0.15, 0.2) is 5.69 Å². The molecule has 0 bridgehead atoms. The topological polar surface area (TPSA) is 72.6 Å². The zero-order chi connectivity index (χ0) is 10.9. The molecule has 15 heavy (non-hydrogen) atoms. The number of hydrogen-bond acceptors (Lipinski definition) is 4. The highest BCUT2D eigenvalue weighted by molar-refractivity contribution is 5.85. The van der Waals surface area contributed by atoms with Gasteiger partial charge in [-0.1, -0.05) is 12.1 Å². The molecule has 1 aromatic rings. The molecule has 2 heterocycles. The van der Waals surface area contributed by atoms with Gasteiger partial charge in [0.25, 0.3) is 0 Å². The van der Waals surface area contributed by atoms with E-state index in [1.807, 2.05) is 6.92 Å². The standard InChI is InChI=1S/C10H13NO4/c1-10(2-4-14-5-3-10)8-6-7(9(12)13)11-15-8/h6H,2-5H2,1H3,(H,12,13). The Balaban J connectivity index is 2.23. The minimum absolute atomic E-state index is 0.0299. The summed E-state index contributed by atoms with van der Waals surface area (Å²) in [6, 6.07) is 1.51. The Morgan fingerprint density at radius 3 is 2.73 bits per heavy atom. The van der Waals surface area contributed by atoms with Gasteiger partial charge in [-0.2, -0.15) is 0 Å². The summed E-state index contributed by atoms with van der Waals surface area (Å²) in [5.41, 5.74) is -0.170. The molecule has 0 atom stereocenters. The van der Waals surface area contributed by atoms with E-state index in [-0.39, 0.29) is 11.1 Å². The van der Waals surface area contributed by atoms with E-state index in [1.54, 1.807) is 0 Å². The van der Waals surface area contributed by atoms with Crippen molar-refractivity contribution in [3.8, 4) is 0 Å². The predicted molar refractivity (Wildman–Crippen MR) is 50.9 cm³/mol. The fraction of sp³-hybridized carbons (Fsp3) is 0.600. The summed E-state index contributed by atoms with van der Waals surface area (Å²) in [4.78, 5) is 10.7. The molecule has 1 fully saturated rings. The van der Waals surface area contributed by atoms with Crippen LogP contribution < -0.4 is 0 Å². The Bertz CT molecular complexity index is 365. The summed E-state index contributed by atoms with van der Waals surface area (Å²) < 4.78 is 10.3. The lowest BCUT2D eigenvalue weighted by Crippen LogP contribution is -2.30. The molecule has 0 aromatic carbocycles. The number of carboxylic acids is 1. The van der Waals surface area contributed by atoms with E-state index in [0.29, 0.717) is 19.0 Å². The lowest BCUT2D eigenvalue weighted by Gasteiger charge is -2.30. The molecule has 0 aliphatic carbocycles. The van der Waals surface area contributed by atoms with Crippen LogP contribution in [0.1, 0.15) is 36.0 Å². The van der Waals surface area contributed by atoms with Crippen LogP contribution in [0, 0.1) is 0 Å². The number of hydrogen-bond donors (Lipinski definition) is 1. The number of ether oxygens (including phenoxy) is 1. The first-order chi connectivity index (χ1) is 7.12. The van der Waals surface area contributed by atoms with Gasteiger partial charge in [-0.25, -0.2) is 4.79 Å². The first-order valence-electron chi connectivity index (χ1n) is 4.90. The molecule has 1 aliphatic heterocycles. The van der Waals surface area contributed by atoms with Crippen LogP contribution >= 0.6 is 0 Å². The fourth-order valence-corrected chi connectivity index (χ4v) is 1.73. The average molecular weight is 211 g/mol. The monoisotopic (exact) mass is 211 g/mol. The third kappa shape index (κ3) is 1.87. The second kappa shape index (κ2) is 3.66. The van der Waals surface area contributed by atoms with Crippen molar-refractivity contribution in [2.24, 2.45) is 0 Å². The van der Waals surface area contributed by atoms with Crippen molar-refractivity contribution in [1.29, 1.82) is 0 Å². The summed E-state index contributed by atoms with van der Waals surface area (Å²) in [7, 11) is 0. The number of rotatable bonds is 2. The van der Waals surface area contributed by atoms with Crippen molar-refractivity contribution in [3.63, 3.8) is 0 Å². The molecule has 0 spiro atoms. The smallest absolute Gasteiger partial charge is 0.358 e. The molecule has 1 N–H and O–H groups in total. The van der Waals surface area contributed by atoms with Crippen LogP contribution in [-0.4, -0.2) is 29.4 Å². The molecule has 2 rings (SSSR count). The summed E-state index contributed by atoms with van der Waals surface area (Å²) in [5.74, 6) is -0.413. The van der Waals surface area contributed by atoms with Crippen LogP contribution in [0.2, 0.25) is 0 Å². The van der Waals surface area contributed by atoms with Gasteiger partial charge in [0.05, 0.1) is 0 Å². The quantitative estimate of drug-likeness (QED) is 0.801. The van der Waals surface area contributed by atoms with Gasteiger partial charge in [-0.15, -0.1) is 0 Å². The first-order valence-corrected chi connectivity index (χ1v) is 4.90. The Hall–Kier alpha value is -1.36. The first kappa shape index (κ1) is 10.2. The third-order valence-corrected chi connectivity index (χ3v) is 2.92. The van der Waals surface area contributed by atoms with Crippen LogP contribution in [0.5, 0.6) is 0 Å². The van der Waals surface area contributed by atoms with Gasteiger partial charge < -0.3 is 14.4 Å². The second-order valence-electron chi connectivity index (χ2n) is 4.05. The molecule has 0 saturated carbocycles. The van der Waals surface area contributed by atoms with Gasteiger partial charge >= 0.3 is 5.97 Å². The zero-order valence-corrected chi connectivity index (χ0v) is 8.52. The molecule has 1 aliphatic rings. The second-order valence-corrected chi connectivity index (χ2v) is 4.05. The van der Waals surface area contributed by atoms with Crippen LogP contribution in [-0.2, 0) is 10.2 Å². The maximum absolute atomic E-state index is 10.7. The zero-order valence-electron chi connectivity index (χ0n) is 8.52. The van der Waals surface area contributed by atoms with Crippen molar-refractivity contribution < 1.29 is 19.2 Å². The summed E-state index contributed by atoms with van der Waals surface area (Å²) in [6.07, 6.45) is 1.67.